The number of methoxy groups -OCH3 is 2. The van der Waals surface area contributed by atoms with Crippen molar-refractivity contribution in [2.24, 2.45) is 5.92 Å². The molecule has 1 fully saturated rings. The van der Waals surface area contributed by atoms with E-state index < -0.39 is 35.2 Å². The number of amides is 2. The first-order valence-corrected chi connectivity index (χ1v) is 10.8. The SMILES string of the molecule is COc1ccc(C(=O)NNC(=O)COC(=O)C2CCN(c3ccccc3[N+](=O)[O-])CC2)cc1OC. The molecule has 0 radical (unpaired) electrons. The zero-order valence-corrected chi connectivity index (χ0v) is 19.3. The van der Waals surface area contributed by atoms with E-state index in [-0.39, 0.29) is 11.3 Å². The van der Waals surface area contributed by atoms with Crippen molar-refractivity contribution in [2.75, 3.05) is 38.8 Å². The highest BCUT2D eigenvalue weighted by Gasteiger charge is 2.29. The van der Waals surface area contributed by atoms with Gasteiger partial charge in [0, 0.05) is 24.7 Å². The van der Waals surface area contributed by atoms with E-state index >= 15 is 0 Å². The van der Waals surface area contributed by atoms with Crippen LogP contribution in [0, 0.1) is 16.0 Å². The van der Waals surface area contributed by atoms with Crippen molar-refractivity contribution >= 4 is 29.2 Å². The van der Waals surface area contributed by atoms with Crippen molar-refractivity contribution < 1.29 is 33.5 Å². The second kappa shape index (κ2) is 11.7. The third-order valence-electron chi connectivity index (χ3n) is 5.55. The number of nitrogens with zero attached hydrogens (tertiary/aromatic N) is 2. The Kier molecular flexibility index (Phi) is 8.43. The summed E-state index contributed by atoms with van der Waals surface area (Å²) < 4.78 is 15.3. The fourth-order valence-electron chi connectivity index (χ4n) is 3.71. The normalized spacial score (nSPS) is 13.5. The predicted octanol–water partition coefficient (Wildman–Crippen LogP) is 1.83. The highest BCUT2D eigenvalue weighted by molar-refractivity contribution is 5.96. The summed E-state index contributed by atoms with van der Waals surface area (Å²) in [7, 11) is 2.91. The summed E-state index contributed by atoms with van der Waals surface area (Å²) in [6, 6.07) is 11.0. The molecule has 2 aromatic carbocycles. The Morgan fingerprint density at radius 1 is 1.03 bits per heavy atom. The number of hydrogen-bond donors (Lipinski definition) is 2. The Labute approximate surface area is 201 Å². The maximum Gasteiger partial charge on any atom is 0.309 e. The number of hydrazine groups is 1. The van der Waals surface area contributed by atoms with Gasteiger partial charge >= 0.3 is 5.97 Å². The number of para-hydroxylation sites is 2. The molecule has 2 amide bonds. The maximum absolute atomic E-state index is 12.4. The second-order valence-electron chi connectivity index (χ2n) is 7.69. The van der Waals surface area contributed by atoms with Crippen molar-refractivity contribution in [1.29, 1.82) is 0 Å². The molecule has 1 saturated heterocycles. The first-order valence-electron chi connectivity index (χ1n) is 10.8. The monoisotopic (exact) mass is 486 g/mol. The molecule has 0 bridgehead atoms. The second-order valence-corrected chi connectivity index (χ2v) is 7.69. The quantitative estimate of drug-likeness (QED) is 0.324. The molecule has 0 unspecified atom stereocenters. The molecule has 12 heteroatoms. The summed E-state index contributed by atoms with van der Waals surface area (Å²) in [5, 5.41) is 11.2. The first-order chi connectivity index (χ1) is 16.8. The van der Waals surface area contributed by atoms with Crippen molar-refractivity contribution in [3.8, 4) is 11.5 Å². The number of nitro groups is 1. The molecular formula is C23H26N4O8. The minimum atomic E-state index is -0.704. The van der Waals surface area contributed by atoms with Crippen LogP contribution in [0.1, 0.15) is 23.2 Å². The summed E-state index contributed by atoms with van der Waals surface area (Å²) in [5.41, 5.74) is 5.18. The van der Waals surface area contributed by atoms with Gasteiger partial charge in [-0.1, -0.05) is 12.1 Å². The Bertz CT molecular complexity index is 1100. The average Bonchev–Trinajstić information content (AvgIpc) is 2.89. The van der Waals surface area contributed by atoms with Crippen molar-refractivity contribution in [3.63, 3.8) is 0 Å². The van der Waals surface area contributed by atoms with Crippen LogP contribution in [0.3, 0.4) is 0 Å². The molecule has 1 aliphatic rings. The van der Waals surface area contributed by atoms with Crippen LogP contribution in [0.4, 0.5) is 11.4 Å². The fourth-order valence-corrected chi connectivity index (χ4v) is 3.71. The van der Waals surface area contributed by atoms with E-state index in [2.05, 4.69) is 10.9 Å². The molecule has 0 aromatic heterocycles. The predicted molar refractivity (Wildman–Crippen MR) is 124 cm³/mol. The lowest BCUT2D eigenvalue weighted by molar-refractivity contribution is -0.384. The van der Waals surface area contributed by atoms with Crippen LogP contribution in [0.5, 0.6) is 11.5 Å². The van der Waals surface area contributed by atoms with E-state index in [0.717, 1.165) is 0 Å². The van der Waals surface area contributed by atoms with Gasteiger partial charge in [-0.05, 0) is 37.1 Å². The van der Waals surface area contributed by atoms with Crippen LogP contribution in [0.15, 0.2) is 42.5 Å². The number of carbonyl (C=O) groups excluding carboxylic acids is 3. The number of rotatable bonds is 8. The highest BCUT2D eigenvalue weighted by atomic mass is 16.6. The molecule has 3 rings (SSSR count). The van der Waals surface area contributed by atoms with Crippen LogP contribution in [-0.4, -0.2) is 56.6 Å². The van der Waals surface area contributed by atoms with Crippen LogP contribution < -0.4 is 25.2 Å². The minimum absolute atomic E-state index is 0.0142. The van der Waals surface area contributed by atoms with Gasteiger partial charge in [0.25, 0.3) is 17.5 Å². The van der Waals surface area contributed by atoms with Gasteiger partial charge in [-0.15, -0.1) is 0 Å². The van der Waals surface area contributed by atoms with Crippen molar-refractivity contribution in [1.82, 2.24) is 10.9 Å². The molecule has 1 aliphatic heterocycles. The van der Waals surface area contributed by atoms with E-state index in [9.17, 15) is 24.5 Å². The van der Waals surface area contributed by atoms with E-state index in [4.69, 9.17) is 14.2 Å². The smallest absolute Gasteiger partial charge is 0.309 e. The summed E-state index contributed by atoms with van der Waals surface area (Å²) in [4.78, 5) is 49.3. The first kappa shape index (κ1) is 25.3. The van der Waals surface area contributed by atoms with Gasteiger partial charge in [0.15, 0.2) is 18.1 Å². The summed E-state index contributed by atoms with van der Waals surface area (Å²) in [5.74, 6) is -1.45. The standard InChI is InChI=1S/C23H26N4O8/c1-33-19-8-7-16(13-20(19)34-2)22(29)25-24-21(28)14-35-23(30)15-9-11-26(12-10-15)17-5-3-4-6-18(17)27(31)32/h3-8,13,15H,9-12,14H2,1-2H3,(H,24,28)(H,25,29). The number of nitrogens with one attached hydrogen (secondary N) is 2. The lowest BCUT2D eigenvalue weighted by Crippen LogP contribution is -2.44. The van der Waals surface area contributed by atoms with Gasteiger partial charge in [-0.3, -0.25) is 35.3 Å². The van der Waals surface area contributed by atoms with E-state index in [0.29, 0.717) is 43.1 Å². The van der Waals surface area contributed by atoms with E-state index in [1.807, 2.05) is 4.90 Å². The lowest BCUT2D eigenvalue weighted by atomic mass is 9.96. The number of carbonyl (C=O) groups is 3. The summed E-state index contributed by atoms with van der Waals surface area (Å²) in [6.07, 6.45) is 0.866. The third kappa shape index (κ3) is 6.37. The van der Waals surface area contributed by atoms with Gasteiger partial charge in [-0.25, -0.2) is 0 Å². The number of nitro benzene ring substituents is 1. The molecule has 2 N–H and O–H groups in total. The number of hydrogen-bond acceptors (Lipinski definition) is 9. The van der Waals surface area contributed by atoms with E-state index in [1.165, 1.54) is 32.4 Å². The number of esters is 1. The third-order valence-corrected chi connectivity index (χ3v) is 5.55. The molecule has 186 valence electrons. The summed E-state index contributed by atoms with van der Waals surface area (Å²) >= 11 is 0. The Morgan fingerprint density at radius 2 is 1.71 bits per heavy atom. The molecule has 0 spiro atoms. The molecule has 1 heterocycles. The van der Waals surface area contributed by atoms with Crippen LogP contribution in [0.25, 0.3) is 0 Å². The number of piperidine rings is 1. The molecule has 0 saturated carbocycles. The van der Waals surface area contributed by atoms with Gasteiger partial charge in [0.2, 0.25) is 0 Å². The number of ether oxygens (including phenoxy) is 3. The molecule has 0 atom stereocenters. The lowest BCUT2D eigenvalue weighted by Gasteiger charge is -2.32. The average molecular weight is 486 g/mol. The minimum Gasteiger partial charge on any atom is -0.493 e. The number of benzene rings is 2. The Morgan fingerprint density at radius 3 is 2.37 bits per heavy atom. The van der Waals surface area contributed by atoms with E-state index in [1.54, 1.807) is 24.3 Å². The highest BCUT2D eigenvalue weighted by Crippen LogP contribution is 2.31. The topological polar surface area (TPSA) is 149 Å². The van der Waals surface area contributed by atoms with Gasteiger partial charge in [-0.2, -0.15) is 0 Å². The zero-order chi connectivity index (χ0) is 25.4. The Balaban J connectivity index is 1.43. The van der Waals surface area contributed by atoms with Crippen LogP contribution in [0.2, 0.25) is 0 Å². The molecule has 0 aliphatic carbocycles. The largest absolute Gasteiger partial charge is 0.493 e. The fraction of sp³-hybridized carbons (Fsp3) is 0.348. The van der Waals surface area contributed by atoms with Gasteiger partial charge < -0.3 is 19.1 Å². The molecule has 2 aromatic rings. The van der Waals surface area contributed by atoms with Crippen LogP contribution in [-0.2, 0) is 14.3 Å². The summed E-state index contributed by atoms with van der Waals surface area (Å²) in [6.45, 7) is 0.325. The molecule has 35 heavy (non-hydrogen) atoms. The van der Waals surface area contributed by atoms with Crippen LogP contribution >= 0.6 is 0 Å². The molecular weight excluding hydrogens is 460 g/mol. The maximum atomic E-state index is 12.4. The Hall–Kier alpha value is -4.35. The van der Waals surface area contributed by atoms with Gasteiger partial charge in [0.05, 0.1) is 25.1 Å². The van der Waals surface area contributed by atoms with Gasteiger partial charge in [0.1, 0.15) is 5.69 Å². The number of anilines is 1. The van der Waals surface area contributed by atoms with Crippen molar-refractivity contribution in [3.05, 3.63) is 58.1 Å². The zero-order valence-electron chi connectivity index (χ0n) is 19.3. The van der Waals surface area contributed by atoms with Crippen molar-refractivity contribution in [2.45, 2.75) is 12.8 Å². The molecule has 12 nitrogen and oxygen atoms in total.